The molecule has 32 heavy (non-hydrogen) atoms. The van der Waals surface area contributed by atoms with E-state index in [1.807, 2.05) is 4.68 Å². The Morgan fingerprint density at radius 3 is 2.69 bits per heavy atom. The minimum Gasteiger partial charge on any atom is -0.352 e. The molecule has 1 saturated carbocycles. The van der Waals surface area contributed by atoms with Crippen molar-refractivity contribution in [3.05, 3.63) is 47.5 Å². The van der Waals surface area contributed by atoms with Crippen LogP contribution in [-0.2, 0) is 24.3 Å². The van der Waals surface area contributed by atoms with Crippen molar-refractivity contribution in [2.75, 3.05) is 13.1 Å². The number of rotatable bonds is 7. The molecule has 6 rings (SSSR count). The maximum Gasteiger partial charge on any atom is 0.224 e. The Morgan fingerprint density at radius 1 is 1.12 bits per heavy atom. The number of amides is 1. The molecule has 1 N–H and O–H groups in total. The molecule has 1 aromatic heterocycles. The zero-order valence-corrected chi connectivity index (χ0v) is 18.8. The molecule has 6 nitrogen and oxygen atoms in total. The Balaban J connectivity index is 1.12. The molecule has 1 aromatic carbocycles. The van der Waals surface area contributed by atoms with Crippen LogP contribution in [0, 0.1) is 23.6 Å². The number of benzene rings is 1. The van der Waals surface area contributed by atoms with E-state index >= 15 is 0 Å². The Labute approximate surface area is 189 Å². The third-order valence-corrected chi connectivity index (χ3v) is 7.80. The molecule has 3 aliphatic heterocycles. The second-order valence-electron chi connectivity index (χ2n) is 10.0. The van der Waals surface area contributed by atoms with Crippen LogP contribution in [0.1, 0.15) is 56.2 Å². The van der Waals surface area contributed by atoms with Crippen molar-refractivity contribution in [1.29, 1.82) is 0 Å². The normalized spacial score (nSPS) is 28.0. The molecule has 2 aromatic rings. The van der Waals surface area contributed by atoms with Gasteiger partial charge in [-0.05, 0) is 55.3 Å². The van der Waals surface area contributed by atoms with E-state index in [-0.39, 0.29) is 17.6 Å². The second-order valence-corrected chi connectivity index (χ2v) is 10.0. The van der Waals surface area contributed by atoms with Crippen molar-refractivity contribution >= 4 is 5.91 Å². The highest BCUT2D eigenvalue weighted by Gasteiger charge is 2.43. The SMILES string of the molecule is O=C(NCc1ccc(F)cc1)[C@H]1CN2CCC1C[C@@H]2Cn1cc(CC2CCCCC2)nn1. The Bertz CT molecular complexity index is 907. The number of fused-ring (bicyclic) bond motifs is 3. The number of nitrogens with zero attached hydrogens (tertiary/aromatic N) is 4. The zero-order valence-electron chi connectivity index (χ0n) is 18.8. The van der Waals surface area contributed by atoms with E-state index in [0.717, 1.165) is 56.1 Å². The molecule has 1 aliphatic carbocycles. The number of piperidine rings is 3. The van der Waals surface area contributed by atoms with E-state index in [4.69, 9.17) is 0 Å². The minimum absolute atomic E-state index is 0.0399. The van der Waals surface area contributed by atoms with Crippen LogP contribution in [0.5, 0.6) is 0 Å². The summed E-state index contributed by atoms with van der Waals surface area (Å²) < 4.78 is 15.1. The van der Waals surface area contributed by atoms with E-state index < -0.39 is 0 Å². The number of carbonyl (C=O) groups excluding carboxylic acids is 1. The van der Waals surface area contributed by atoms with Crippen molar-refractivity contribution in [3.8, 4) is 0 Å². The van der Waals surface area contributed by atoms with E-state index in [0.29, 0.717) is 18.5 Å². The summed E-state index contributed by atoms with van der Waals surface area (Å²) in [5, 5.41) is 11.9. The first-order valence-corrected chi connectivity index (χ1v) is 12.3. The van der Waals surface area contributed by atoms with Crippen LogP contribution in [0.3, 0.4) is 0 Å². The largest absolute Gasteiger partial charge is 0.352 e. The van der Waals surface area contributed by atoms with Gasteiger partial charge in [-0.15, -0.1) is 5.10 Å². The standard InChI is InChI=1S/C25H34FN5O/c26-21-8-6-19(7-9-21)14-27-25(32)24-17-30-11-10-20(24)13-23(30)16-31-15-22(28-29-31)12-18-4-2-1-3-5-18/h6-9,15,18,20,23-24H,1-5,10-14,16-17H2,(H,27,32)/t20?,23-,24+/m1/s1. The number of hydrogen-bond acceptors (Lipinski definition) is 4. The average Bonchev–Trinajstić information content (AvgIpc) is 3.26. The molecular weight excluding hydrogens is 405 g/mol. The molecule has 1 amide bonds. The fourth-order valence-corrected chi connectivity index (χ4v) is 5.97. The first kappa shape index (κ1) is 21.6. The quantitative estimate of drug-likeness (QED) is 0.717. The van der Waals surface area contributed by atoms with Crippen molar-refractivity contribution in [2.24, 2.45) is 17.8 Å². The summed E-state index contributed by atoms with van der Waals surface area (Å²) in [4.78, 5) is 15.3. The number of nitrogens with one attached hydrogen (secondary N) is 1. The van der Waals surface area contributed by atoms with Crippen LogP contribution >= 0.6 is 0 Å². The Morgan fingerprint density at radius 2 is 1.94 bits per heavy atom. The number of hydrogen-bond donors (Lipinski definition) is 1. The van der Waals surface area contributed by atoms with Crippen LogP contribution in [0.15, 0.2) is 30.5 Å². The summed E-state index contributed by atoms with van der Waals surface area (Å²) in [6.07, 6.45) is 12.1. The summed E-state index contributed by atoms with van der Waals surface area (Å²) in [5.41, 5.74) is 2.06. The highest BCUT2D eigenvalue weighted by molar-refractivity contribution is 5.79. The van der Waals surface area contributed by atoms with E-state index in [9.17, 15) is 9.18 Å². The van der Waals surface area contributed by atoms with Crippen LogP contribution in [-0.4, -0.2) is 44.9 Å². The lowest BCUT2D eigenvalue weighted by molar-refractivity contribution is -0.133. The lowest BCUT2D eigenvalue weighted by Gasteiger charge is -2.49. The van der Waals surface area contributed by atoms with Crippen molar-refractivity contribution < 1.29 is 9.18 Å². The monoisotopic (exact) mass is 439 g/mol. The predicted octanol–water partition coefficient (Wildman–Crippen LogP) is 3.57. The highest BCUT2D eigenvalue weighted by atomic mass is 19.1. The minimum atomic E-state index is -0.253. The first-order chi connectivity index (χ1) is 15.6. The van der Waals surface area contributed by atoms with E-state index in [2.05, 4.69) is 26.7 Å². The molecule has 3 saturated heterocycles. The first-order valence-electron chi connectivity index (χ1n) is 12.3. The predicted molar refractivity (Wildman–Crippen MR) is 120 cm³/mol. The fraction of sp³-hybridized carbons (Fsp3) is 0.640. The van der Waals surface area contributed by atoms with Crippen LogP contribution in [0.4, 0.5) is 4.39 Å². The summed E-state index contributed by atoms with van der Waals surface area (Å²) in [5.74, 6) is 1.11. The van der Waals surface area contributed by atoms with Crippen LogP contribution in [0.2, 0.25) is 0 Å². The third-order valence-electron chi connectivity index (χ3n) is 7.80. The van der Waals surface area contributed by atoms with Crippen molar-refractivity contribution in [3.63, 3.8) is 0 Å². The number of aromatic nitrogens is 3. The molecule has 172 valence electrons. The van der Waals surface area contributed by atoms with Gasteiger partial charge in [-0.2, -0.15) is 0 Å². The number of halogens is 1. The molecule has 0 spiro atoms. The topological polar surface area (TPSA) is 63.1 Å². The van der Waals surface area contributed by atoms with Gasteiger partial charge in [-0.1, -0.05) is 49.5 Å². The van der Waals surface area contributed by atoms with Gasteiger partial charge in [0.05, 0.1) is 18.2 Å². The lowest BCUT2D eigenvalue weighted by Crippen LogP contribution is -2.58. The Kier molecular flexibility index (Phi) is 6.53. The molecule has 2 bridgehead atoms. The molecular formula is C25H34FN5O. The van der Waals surface area contributed by atoms with Crippen LogP contribution < -0.4 is 5.32 Å². The number of carbonyl (C=O) groups is 1. The second kappa shape index (κ2) is 9.69. The maximum absolute atomic E-state index is 13.1. The zero-order chi connectivity index (χ0) is 21.9. The van der Waals surface area contributed by atoms with Gasteiger partial charge in [0.25, 0.3) is 0 Å². The highest BCUT2D eigenvalue weighted by Crippen LogP contribution is 2.37. The summed E-state index contributed by atoms with van der Waals surface area (Å²) in [6, 6.07) is 6.75. The Hall–Kier alpha value is -2.28. The fourth-order valence-electron chi connectivity index (χ4n) is 5.97. The van der Waals surface area contributed by atoms with E-state index in [1.54, 1.807) is 12.1 Å². The summed E-state index contributed by atoms with van der Waals surface area (Å²) >= 11 is 0. The molecule has 4 fully saturated rings. The van der Waals surface area contributed by atoms with Gasteiger partial charge in [-0.3, -0.25) is 14.4 Å². The van der Waals surface area contributed by atoms with Gasteiger partial charge in [0, 0.05) is 25.3 Å². The van der Waals surface area contributed by atoms with Gasteiger partial charge < -0.3 is 5.32 Å². The molecule has 2 unspecified atom stereocenters. The third kappa shape index (κ3) is 5.03. The molecule has 4 heterocycles. The van der Waals surface area contributed by atoms with Gasteiger partial charge in [0.1, 0.15) is 5.82 Å². The average molecular weight is 440 g/mol. The van der Waals surface area contributed by atoms with Crippen molar-refractivity contribution in [1.82, 2.24) is 25.2 Å². The van der Waals surface area contributed by atoms with Gasteiger partial charge >= 0.3 is 0 Å². The molecule has 4 atom stereocenters. The molecule has 7 heteroatoms. The van der Waals surface area contributed by atoms with Gasteiger partial charge in [-0.25, -0.2) is 4.39 Å². The van der Waals surface area contributed by atoms with Gasteiger partial charge in [0.2, 0.25) is 5.91 Å². The smallest absolute Gasteiger partial charge is 0.224 e. The van der Waals surface area contributed by atoms with Crippen molar-refractivity contribution in [2.45, 2.75) is 70.5 Å². The maximum atomic E-state index is 13.1. The summed E-state index contributed by atoms with van der Waals surface area (Å²) in [6.45, 7) is 3.18. The van der Waals surface area contributed by atoms with Crippen LogP contribution in [0.25, 0.3) is 0 Å². The molecule has 0 radical (unpaired) electrons. The molecule has 4 aliphatic rings. The van der Waals surface area contributed by atoms with E-state index in [1.165, 1.54) is 44.2 Å². The van der Waals surface area contributed by atoms with Gasteiger partial charge in [0.15, 0.2) is 0 Å². The lowest BCUT2D eigenvalue weighted by atomic mass is 9.75. The summed E-state index contributed by atoms with van der Waals surface area (Å²) in [7, 11) is 0.